The van der Waals surface area contributed by atoms with Gasteiger partial charge in [0.2, 0.25) is 17.7 Å². The van der Waals surface area contributed by atoms with E-state index in [-0.39, 0.29) is 23.8 Å². The van der Waals surface area contributed by atoms with Crippen molar-refractivity contribution in [1.82, 2.24) is 10.2 Å². The van der Waals surface area contributed by atoms with Gasteiger partial charge in [-0.1, -0.05) is 31.4 Å². The molecule has 2 fully saturated rings. The number of carbonyl (C=O) groups excluding carboxylic acids is 3. The molecular formula is C21H30N4O3. The quantitative estimate of drug-likeness (QED) is 0.695. The highest BCUT2D eigenvalue weighted by atomic mass is 16.2. The van der Waals surface area contributed by atoms with Gasteiger partial charge in [-0.15, -0.1) is 0 Å². The molecule has 7 heteroatoms. The minimum absolute atomic E-state index is 0.157. The lowest BCUT2D eigenvalue weighted by Gasteiger charge is -2.36. The summed E-state index contributed by atoms with van der Waals surface area (Å²) in [6, 6.07) is 7.44. The Morgan fingerprint density at radius 1 is 1.18 bits per heavy atom. The minimum Gasteiger partial charge on any atom is -0.368 e. The molecule has 1 saturated carbocycles. The predicted octanol–water partition coefficient (Wildman–Crippen LogP) is 1.91. The molecular weight excluding hydrogens is 356 g/mol. The van der Waals surface area contributed by atoms with Gasteiger partial charge in [0.1, 0.15) is 5.54 Å². The van der Waals surface area contributed by atoms with Gasteiger partial charge >= 0.3 is 0 Å². The lowest BCUT2D eigenvalue weighted by atomic mass is 9.80. The van der Waals surface area contributed by atoms with Crippen molar-refractivity contribution >= 4 is 23.4 Å². The molecule has 152 valence electrons. The van der Waals surface area contributed by atoms with Crippen molar-refractivity contribution in [3.8, 4) is 0 Å². The zero-order chi connectivity index (χ0) is 20.1. The fourth-order valence-electron chi connectivity index (χ4n) is 4.47. The highest BCUT2D eigenvalue weighted by Crippen LogP contribution is 2.30. The maximum atomic E-state index is 13.0. The van der Waals surface area contributed by atoms with E-state index in [1.54, 1.807) is 0 Å². The number of anilines is 1. The van der Waals surface area contributed by atoms with E-state index in [0.29, 0.717) is 25.1 Å². The third kappa shape index (κ3) is 4.70. The minimum atomic E-state index is -0.827. The Bertz CT molecular complexity index is 743. The summed E-state index contributed by atoms with van der Waals surface area (Å²) < 4.78 is 0. The molecule has 28 heavy (non-hydrogen) atoms. The Morgan fingerprint density at radius 2 is 1.93 bits per heavy atom. The van der Waals surface area contributed by atoms with E-state index in [1.807, 2.05) is 24.3 Å². The summed E-state index contributed by atoms with van der Waals surface area (Å²) in [7, 11) is 0. The van der Waals surface area contributed by atoms with Crippen LogP contribution in [0, 0.1) is 0 Å². The maximum Gasteiger partial charge on any atom is 0.250 e. The van der Waals surface area contributed by atoms with E-state index in [1.165, 1.54) is 6.92 Å². The molecule has 1 heterocycles. The predicted molar refractivity (Wildman–Crippen MR) is 107 cm³/mol. The normalized spacial score (nSPS) is 21.8. The zero-order valence-electron chi connectivity index (χ0n) is 16.5. The van der Waals surface area contributed by atoms with Crippen molar-refractivity contribution in [2.75, 3.05) is 11.9 Å². The van der Waals surface area contributed by atoms with E-state index in [9.17, 15) is 14.4 Å². The molecule has 0 spiro atoms. The van der Waals surface area contributed by atoms with Crippen LogP contribution in [0.4, 0.5) is 5.69 Å². The van der Waals surface area contributed by atoms with Crippen molar-refractivity contribution in [2.24, 2.45) is 5.73 Å². The first-order chi connectivity index (χ1) is 13.4. The number of benzene rings is 1. The van der Waals surface area contributed by atoms with Crippen molar-refractivity contribution in [3.05, 3.63) is 29.8 Å². The molecule has 0 aromatic heterocycles. The van der Waals surface area contributed by atoms with E-state index in [2.05, 4.69) is 15.5 Å². The van der Waals surface area contributed by atoms with Crippen LogP contribution >= 0.6 is 0 Å². The van der Waals surface area contributed by atoms with Gasteiger partial charge in [0.15, 0.2) is 0 Å². The number of primary amides is 1. The molecule has 2 aliphatic rings. The molecule has 1 unspecified atom stereocenters. The maximum absolute atomic E-state index is 13.0. The number of nitrogens with one attached hydrogen (secondary N) is 2. The zero-order valence-corrected chi connectivity index (χ0v) is 16.5. The summed E-state index contributed by atoms with van der Waals surface area (Å²) in [6.07, 6.45) is 6.02. The number of carbonyl (C=O) groups is 3. The summed E-state index contributed by atoms with van der Waals surface area (Å²) in [6.45, 7) is 2.92. The summed E-state index contributed by atoms with van der Waals surface area (Å²) in [4.78, 5) is 38.4. The lowest BCUT2D eigenvalue weighted by Crippen LogP contribution is -2.57. The van der Waals surface area contributed by atoms with Gasteiger partial charge in [-0.2, -0.15) is 0 Å². The first kappa shape index (κ1) is 20.3. The van der Waals surface area contributed by atoms with E-state index in [4.69, 9.17) is 5.73 Å². The first-order valence-corrected chi connectivity index (χ1v) is 10.1. The van der Waals surface area contributed by atoms with Crippen molar-refractivity contribution in [1.29, 1.82) is 0 Å². The number of rotatable bonds is 6. The highest BCUT2D eigenvalue weighted by Gasteiger charge is 2.40. The fraction of sp³-hybridized carbons (Fsp3) is 0.571. The molecule has 3 amide bonds. The molecule has 1 atom stereocenters. The Morgan fingerprint density at radius 3 is 2.61 bits per heavy atom. The average molecular weight is 386 g/mol. The number of amides is 3. The molecule has 0 bridgehead atoms. The van der Waals surface area contributed by atoms with Crippen molar-refractivity contribution in [3.63, 3.8) is 0 Å². The van der Waals surface area contributed by atoms with Crippen molar-refractivity contribution < 1.29 is 14.4 Å². The van der Waals surface area contributed by atoms with Crippen LogP contribution in [-0.4, -0.2) is 40.7 Å². The van der Waals surface area contributed by atoms with Crippen molar-refractivity contribution in [2.45, 2.75) is 70.0 Å². The van der Waals surface area contributed by atoms with Gasteiger partial charge in [-0.25, -0.2) is 0 Å². The van der Waals surface area contributed by atoms with Gasteiger partial charge in [0.25, 0.3) is 0 Å². The number of nitrogens with two attached hydrogens (primary N) is 1. The Balaban J connectivity index is 1.70. The Kier molecular flexibility index (Phi) is 6.34. The molecule has 1 saturated heterocycles. The second-order valence-corrected chi connectivity index (χ2v) is 8.01. The fourth-order valence-corrected chi connectivity index (χ4v) is 4.47. The van der Waals surface area contributed by atoms with Crippen LogP contribution in [0.1, 0.15) is 57.4 Å². The highest BCUT2D eigenvalue weighted by molar-refractivity contribution is 6.00. The topological polar surface area (TPSA) is 105 Å². The molecule has 3 rings (SSSR count). The molecule has 1 aromatic carbocycles. The standard InChI is InChI=1S/C21H30N4O3/c1-15(26)24-21(10-3-2-4-11-21)20(28)23-17-8-5-7-16(13-17)14-25-12-6-9-18(25)19(22)27/h5,7-8,13,18H,2-4,6,9-12,14H2,1H3,(H2,22,27)(H,23,28)(H,24,26). The van der Waals surface area contributed by atoms with Gasteiger partial charge in [-0.05, 0) is 49.9 Å². The summed E-state index contributed by atoms with van der Waals surface area (Å²) in [5.74, 6) is -0.621. The van der Waals surface area contributed by atoms with Gasteiger partial charge in [0, 0.05) is 19.2 Å². The molecule has 1 aliphatic heterocycles. The third-order valence-corrected chi connectivity index (χ3v) is 5.82. The summed E-state index contributed by atoms with van der Waals surface area (Å²) in [5, 5.41) is 5.89. The van der Waals surface area contributed by atoms with Gasteiger partial charge in [-0.3, -0.25) is 19.3 Å². The average Bonchev–Trinajstić information content (AvgIpc) is 3.10. The van der Waals surface area contributed by atoms with Crippen LogP contribution < -0.4 is 16.4 Å². The monoisotopic (exact) mass is 386 g/mol. The van der Waals surface area contributed by atoms with Crippen LogP contribution in [-0.2, 0) is 20.9 Å². The second kappa shape index (κ2) is 8.73. The summed E-state index contributed by atoms with van der Waals surface area (Å²) >= 11 is 0. The number of nitrogens with zero attached hydrogens (tertiary/aromatic N) is 1. The number of hydrogen-bond acceptors (Lipinski definition) is 4. The van der Waals surface area contributed by atoms with E-state index < -0.39 is 5.54 Å². The number of likely N-dealkylation sites (tertiary alicyclic amines) is 1. The van der Waals surface area contributed by atoms with Crippen LogP contribution in [0.15, 0.2) is 24.3 Å². The molecule has 4 N–H and O–H groups in total. The second-order valence-electron chi connectivity index (χ2n) is 8.01. The summed E-state index contributed by atoms with van der Waals surface area (Å²) in [5.41, 5.74) is 6.39. The molecule has 1 aromatic rings. The van der Waals surface area contributed by atoms with Gasteiger partial charge in [0.05, 0.1) is 6.04 Å². The van der Waals surface area contributed by atoms with E-state index in [0.717, 1.165) is 44.2 Å². The molecule has 1 aliphatic carbocycles. The SMILES string of the molecule is CC(=O)NC1(C(=O)Nc2cccc(CN3CCCC3C(N)=O)c2)CCCCC1. The Hall–Kier alpha value is -2.41. The smallest absolute Gasteiger partial charge is 0.250 e. The van der Waals surface area contributed by atoms with Crippen LogP contribution in [0.2, 0.25) is 0 Å². The first-order valence-electron chi connectivity index (χ1n) is 10.1. The lowest BCUT2D eigenvalue weighted by molar-refractivity contribution is -0.130. The molecule has 0 radical (unpaired) electrons. The van der Waals surface area contributed by atoms with Gasteiger partial charge < -0.3 is 16.4 Å². The van der Waals surface area contributed by atoms with Crippen LogP contribution in [0.25, 0.3) is 0 Å². The third-order valence-electron chi connectivity index (χ3n) is 5.82. The van der Waals surface area contributed by atoms with Crippen LogP contribution in [0.3, 0.4) is 0 Å². The van der Waals surface area contributed by atoms with Crippen LogP contribution in [0.5, 0.6) is 0 Å². The number of hydrogen-bond donors (Lipinski definition) is 3. The Labute approximate surface area is 166 Å². The molecule has 7 nitrogen and oxygen atoms in total. The van der Waals surface area contributed by atoms with E-state index >= 15 is 0 Å². The largest absolute Gasteiger partial charge is 0.368 e.